The zero-order valence-electron chi connectivity index (χ0n) is 15.5. The maximum Gasteiger partial charge on any atom is 0.338 e. The van der Waals surface area contributed by atoms with Crippen LogP contribution < -0.4 is 10.6 Å². The van der Waals surface area contributed by atoms with Crippen LogP contribution in [-0.4, -0.2) is 17.7 Å². The summed E-state index contributed by atoms with van der Waals surface area (Å²) < 4.78 is 5.23. The third-order valence-corrected chi connectivity index (χ3v) is 5.47. The molecule has 2 aromatic rings. The molecule has 0 saturated carbocycles. The quantitative estimate of drug-likeness (QED) is 0.571. The van der Waals surface area contributed by atoms with Gasteiger partial charge in [0.15, 0.2) is 5.11 Å². The third kappa shape index (κ3) is 4.70. The first-order valence-corrected chi connectivity index (χ1v) is 10.00. The molecule has 27 heavy (non-hydrogen) atoms. The van der Waals surface area contributed by atoms with E-state index in [0.29, 0.717) is 17.3 Å². The van der Waals surface area contributed by atoms with Gasteiger partial charge >= 0.3 is 5.97 Å². The number of ether oxygens (including phenoxy) is 1. The molecule has 0 bridgehead atoms. The third-order valence-electron chi connectivity index (χ3n) is 4.23. The normalized spacial score (nSPS) is 16.6. The molecule has 2 aromatic carbocycles. The predicted molar refractivity (Wildman–Crippen MR) is 113 cm³/mol. The number of benzene rings is 2. The molecule has 6 heteroatoms. The molecule has 0 aliphatic carbocycles. The van der Waals surface area contributed by atoms with Gasteiger partial charge in [0.25, 0.3) is 0 Å². The smallest absolute Gasteiger partial charge is 0.338 e. The summed E-state index contributed by atoms with van der Waals surface area (Å²) in [5.41, 5.74) is 3.50. The summed E-state index contributed by atoms with van der Waals surface area (Å²) in [4.78, 5) is 14.8. The largest absolute Gasteiger partial charge is 0.463 e. The molecule has 3 rings (SSSR count). The van der Waals surface area contributed by atoms with Crippen molar-refractivity contribution in [2.24, 2.45) is 0 Å². The Morgan fingerprint density at radius 1 is 1.07 bits per heavy atom. The summed E-state index contributed by atoms with van der Waals surface area (Å²) in [6.07, 6.45) is 0. The molecule has 1 atom stereocenters. The summed E-state index contributed by atoms with van der Waals surface area (Å²) in [6, 6.07) is 16.3. The molecule has 1 unspecified atom stereocenters. The van der Waals surface area contributed by atoms with E-state index in [4.69, 9.17) is 17.0 Å². The number of aryl methyl sites for hydroxylation is 1. The van der Waals surface area contributed by atoms with Crippen molar-refractivity contribution in [3.63, 3.8) is 0 Å². The molecular formula is C21H22N2O2S2. The van der Waals surface area contributed by atoms with E-state index in [1.165, 1.54) is 10.5 Å². The first-order chi connectivity index (χ1) is 13.0. The Morgan fingerprint density at radius 3 is 2.26 bits per heavy atom. The molecule has 2 N–H and O–H groups in total. The maximum atomic E-state index is 12.4. The fourth-order valence-corrected chi connectivity index (χ4v) is 3.98. The van der Waals surface area contributed by atoms with Gasteiger partial charge in [0.05, 0.1) is 18.2 Å². The van der Waals surface area contributed by atoms with E-state index in [1.807, 2.05) is 19.1 Å². The molecule has 1 aliphatic rings. The van der Waals surface area contributed by atoms with Crippen molar-refractivity contribution in [2.45, 2.75) is 36.6 Å². The average Bonchev–Trinajstić information content (AvgIpc) is 2.64. The first kappa shape index (κ1) is 19.5. The van der Waals surface area contributed by atoms with E-state index in [1.54, 1.807) is 18.7 Å². The second-order valence-corrected chi connectivity index (χ2v) is 7.83. The van der Waals surface area contributed by atoms with Gasteiger partial charge in [-0.1, -0.05) is 41.6 Å². The minimum atomic E-state index is -0.333. The van der Waals surface area contributed by atoms with Gasteiger partial charge in [-0.25, -0.2) is 4.79 Å². The van der Waals surface area contributed by atoms with Gasteiger partial charge in [0.1, 0.15) is 0 Å². The highest BCUT2D eigenvalue weighted by Crippen LogP contribution is 2.32. The van der Waals surface area contributed by atoms with Gasteiger partial charge < -0.3 is 15.4 Å². The fraction of sp³-hybridized carbons (Fsp3) is 0.238. The van der Waals surface area contributed by atoms with Crippen LogP contribution in [0.15, 0.2) is 69.6 Å². The molecule has 1 heterocycles. The summed E-state index contributed by atoms with van der Waals surface area (Å²) in [7, 11) is 0. The fourth-order valence-electron chi connectivity index (χ4n) is 2.89. The summed E-state index contributed by atoms with van der Waals surface area (Å²) in [6.45, 7) is 6.05. The van der Waals surface area contributed by atoms with Crippen LogP contribution in [0.4, 0.5) is 0 Å². The van der Waals surface area contributed by atoms with E-state index in [-0.39, 0.29) is 12.0 Å². The number of hydrogen-bond donors (Lipinski definition) is 2. The number of thiocarbonyl (C=S) groups is 1. The number of rotatable bonds is 5. The lowest BCUT2D eigenvalue weighted by atomic mass is 9.96. The molecule has 0 saturated heterocycles. The van der Waals surface area contributed by atoms with Crippen molar-refractivity contribution in [3.8, 4) is 0 Å². The molecule has 4 nitrogen and oxygen atoms in total. The first-order valence-electron chi connectivity index (χ1n) is 8.78. The van der Waals surface area contributed by atoms with Crippen molar-refractivity contribution in [1.29, 1.82) is 0 Å². The molecule has 1 aliphatic heterocycles. The molecule has 0 aromatic heterocycles. The van der Waals surface area contributed by atoms with Gasteiger partial charge in [-0.2, -0.15) is 0 Å². The minimum Gasteiger partial charge on any atom is -0.463 e. The Morgan fingerprint density at radius 2 is 1.67 bits per heavy atom. The standard InChI is InChI=1S/C21H22N2O2S2/c1-4-25-20(24)18-14(3)22-21(26)23-19(18)15-7-11-17(12-8-15)27-16-9-5-13(2)6-10-16/h5-12,19H,4H2,1-3H3,(H2,22,23,26). The molecule has 0 amide bonds. The Balaban J connectivity index is 1.83. The van der Waals surface area contributed by atoms with Crippen LogP contribution in [0.25, 0.3) is 0 Å². The highest BCUT2D eigenvalue weighted by atomic mass is 32.2. The van der Waals surface area contributed by atoms with Gasteiger partial charge in [-0.3, -0.25) is 0 Å². The van der Waals surface area contributed by atoms with Gasteiger partial charge in [-0.15, -0.1) is 0 Å². The Labute approximate surface area is 169 Å². The van der Waals surface area contributed by atoms with Crippen LogP contribution in [0.5, 0.6) is 0 Å². The molecule has 0 radical (unpaired) electrons. The summed E-state index contributed by atoms with van der Waals surface area (Å²) >= 11 is 6.98. The van der Waals surface area contributed by atoms with E-state index in [2.05, 4.69) is 54.0 Å². The SMILES string of the molecule is CCOC(=O)C1=C(C)NC(=S)NC1c1ccc(Sc2ccc(C)cc2)cc1. The Bertz CT molecular complexity index is 874. The van der Waals surface area contributed by atoms with Crippen LogP contribution in [0.2, 0.25) is 0 Å². The van der Waals surface area contributed by atoms with Crippen molar-refractivity contribution in [3.05, 3.63) is 70.9 Å². The predicted octanol–water partition coefficient (Wildman–Crippen LogP) is 4.50. The van der Waals surface area contributed by atoms with E-state index in [9.17, 15) is 4.79 Å². The summed E-state index contributed by atoms with van der Waals surface area (Å²) in [5.74, 6) is -0.333. The molecular weight excluding hydrogens is 376 g/mol. The van der Waals surface area contributed by atoms with Gasteiger partial charge in [0.2, 0.25) is 0 Å². The zero-order chi connectivity index (χ0) is 19.4. The lowest BCUT2D eigenvalue weighted by molar-refractivity contribution is -0.139. The van der Waals surface area contributed by atoms with Crippen LogP contribution >= 0.6 is 24.0 Å². The van der Waals surface area contributed by atoms with Crippen LogP contribution in [0.3, 0.4) is 0 Å². The van der Waals surface area contributed by atoms with Gasteiger partial charge in [0, 0.05) is 15.5 Å². The van der Waals surface area contributed by atoms with Crippen LogP contribution in [-0.2, 0) is 9.53 Å². The van der Waals surface area contributed by atoms with E-state index >= 15 is 0 Å². The Kier molecular flexibility index (Phi) is 6.19. The number of allylic oxidation sites excluding steroid dienone is 1. The minimum absolute atomic E-state index is 0.323. The molecule has 140 valence electrons. The number of nitrogens with one attached hydrogen (secondary N) is 2. The second-order valence-electron chi connectivity index (χ2n) is 6.27. The topological polar surface area (TPSA) is 50.4 Å². The number of carbonyl (C=O) groups excluding carboxylic acids is 1. The highest BCUT2D eigenvalue weighted by molar-refractivity contribution is 7.99. The highest BCUT2D eigenvalue weighted by Gasteiger charge is 2.30. The number of esters is 1. The van der Waals surface area contributed by atoms with Crippen molar-refractivity contribution in [1.82, 2.24) is 10.6 Å². The average molecular weight is 399 g/mol. The van der Waals surface area contributed by atoms with E-state index in [0.717, 1.165) is 16.2 Å². The van der Waals surface area contributed by atoms with Crippen molar-refractivity contribution >= 4 is 35.1 Å². The number of hydrogen-bond acceptors (Lipinski definition) is 4. The zero-order valence-corrected chi connectivity index (χ0v) is 17.2. The molecule has 0 spiro atoms. The van der Waals surface area contributed by atoms with Crippen molar-refractivity contribution < 1.29 is 9.53 Å². The van der Waals surface area contributed by atoms with Gasteiger partial charge in [-0.05, 0) is 62.8 Å². The lowest BCUT2D eigenvalue weighted by Crippen LogP contribution is -2.45. The number of carbonyl (C=O) groups is 1. The Hall–Kier alpha value is -2.31. The second kappa shape index (κ2) is 8.59. The summed E-state index contributed by atoms with van der Waals surface area (Å²) in [5, 5.41) is 6.70. The van der Waals surface area contributed by atoms with E-state index < -0.39 is 0 Å². The maximum absolute atomic E-state index is 12.4. The molecule has 0 fully saturated rings. The van der Waals surface area contributed by atoms with Crippen molar-refractivity contribution in [2.75, 3.05) is 6.61 Å². The van der Waals surface area contributed by atoms with Crippen LogP contribution in [0.1, 0.15) is 31.0 Å². The monoisotopic (exact) mass is 398 g/mol. The lowest BCUT2D eigenvalue weighted by Gasteiger charge is -2.29. The van der Waals surface area contributed by atoms with Crippen LogP contribution in [0, 0.1) is 6.92 Å².